The van der Waals surface area contributed by atoms with Gasteiger partial charge < -0.3 is 14.6 Å². The summed E-state index contributed by atoms with van der Waals surface area (Å²) >= 11 is 0. The quantitative estimate of drug-likeness (QED) is 0.665. The molecule has 6 nitrogen and oxygen atoms in total. The van der Waals surface area contributed by atoms with Crippen LogP contribution in [0.2, 0.25) is 0 Å². The molecule has 1 atom stereocenters. The molecule has 1 amide bonds. The number of fused-ring (bicyclic) bond motifs is 3. The van der Waals surface area contributed by atoms with Crippen LogP contribution in [0.5, 0.6) is 0 Å². The maximum Gasteiger partial charge on any atom is 0.236 e. The number of aliphatic hydroxyl groups is 1. The van der Waals surface area contributed by atoms with Crippen LogP contribution >= 0.6 is 0 Å². The van der Waals surface area contributed by atoms with Gasteiger partial charge in [-0.15, -0.1) is 0 Å². The minimum Gasteiger partial charge on any atom is -0.390 e. The van der Waals surface area contributed by atoms with Crippen molar-refractivity contribution in [2.75, 3.05) is 52.4 Å². The van der Waals surface area contributed by atoms with Gasteiger partial charge in [-0.05, 0) is 25.0 Å². The van der Waals surface area contributed by atoms with Crippen LogP contribution in [0.3, 0.4) is 0 Å². The van der Waals surface area contributed by atoms with Gasteiger partial charge in [-0.2, -0.15) is 0 Å². The SMILES string of the molecule is O=C(CN1CCN(CC(O)Cn2c3ccccc3c3ccccc32)CC1)N1CCCC1. The number of amides is 1. The second-order valence-electron chi connectivity index (χ2n) is 8.96. The Hall–Kier alpha value is -2.41. The molecule has 2 saturated heterocycles. The fraction of sp³-hybridized carbons (Fsp3) is 0.480. The Kier molecular flexibility index (Phi) is 5.94. The summed E-state index contributed by atoms with van der Waals surface area (Å²) in [4.78, 5) is 19.0. The molecule has 2 aliphatic heterocycles. The molecule has 6 heteroatoms. The lowest BCUT2D eigenvalue weighted by atomic mass is 10.2. The minimum absolute atomic E-state index is 0.275. The summed E-state index contributed by atoms with van der Waals surface area (Å²) in [7, 11) is 0. The van der Waals surface area contributed by atoms with E-state index in [0.717, 1.165) is 52.1 Å². The largest absolute Gasteiger partial charge is 0.390 e. The van der Waals surface area contributed by atoms with Gasteiger partial charge in [0.15, 0.2) is 0 Å². The summed E-state index contributed by atoms with van der Waals surface area (Å²) in [6.07, 6.45) is 1.85. The average Bonchev–Trinajstić information content (AvgIpc) is 3.43. The van der Waals surface area contributed by atoms with E-state index >= 15 is 0 Å². The van der Waals surface area contributed by atoms with E-state index in [4.69, 9.17) is 0 Å². The van der Waals surface area contributed by atoms with Crippen molar-refractivity contribution >= 4 is 27.7 Å². The predicted molar refractivity (Wildman–Crippen MR) is 124 cm³/mol. The van der Waals surface area contributed by atoms with Crippen LogP contribution in [0.1, 0.15) is 12.8 Å². The first-order chi connectivity index (χ1) is 15.2. The van der Waals surface area contributed by atoms with Gasteiger partial charge in [0, 0.05) is 67.6 Å². The highest BCUT2D eigenvalue weighted by Gasteiger charge is 2.24. The second kappa shape index (κ2) is 8.99. The molecule has 0 spiro atoms. The molecule has 3 heterocycles. The van der Waals surface area contributed by atoms with Crippen LogP contribution in [0.4, 0.5) is 0 Å². The maximum atomic E-state index is 12.4. The Morgan fingerprint density at radius 3 is 1.94 bits per heavy atom. The van der Waals surface area contributed by atoms with Crippen molar-refractivity contribution in [3.63, 3.8) is 0 Å². The topological polar surface area (TPSA) is 52.0 Å². The Morgan fingerprint density at radius 2 is 1.32 bits per heavy atom. The number of hydrogen-bond acceptors (Lipinski definition) is 4. The highest BCUT2D eigenvalue weighted by Crippen LogP contribution is 2.28. The number of benzene rings is 2. The van der Waals surface area contributed by atoms with E-state index < -0.39 is 6.10 Å². The number of para-hydroxylation sites is 2. The third kappa shape index (κ3) is 4.33. The standard InChI is InChI=1S/C25H32N4O2/c30-20(17-26-13-15-27(16-14-26)19-25(31)28-11-5-6-12-28)18-29-23-9-3-1-7-21(23)22-8-2-4-10-24(22)29/h1-4,7-10,20,30H,5-6,11-19H2. The number of aliphatic hydroxyl groups excluding tert-OH is 1. The van der Waals surface area contributed by atoms with Gasteiger partial charge in [0.1, 0.15) is 0 Å². The monoisotopic (exact) mass is 420 g/mol. The zero-order chi connectivity index (χ0) is 21.2. The van der Waals surface area contributed by atoms with E-state index in [9.17, 15) is 9.90 Å². The number of rotatable bonds is 6. The number of nitrogens with zero attached hydrogens (tertiary/aromatic N) is 4. The third-order valence-corrected chi connectivity index (χ3v) is 6.82. The first kappa shape index (κ1) is 20.5. The number of aromatic nitrogens is 1. The van der Waals surface area contributed by atoms with E-state index in [2.05, 4.69) is 62.9 Å². The summed E-state index contributed by atoms with van der Waals surface area (Å²) in [5.41, 5.74) is 2.35. The molecule has 0 saturated carbocycles. The Morgan fingerprint density at radius 1 is 0.774 bits per heavy atom. The number of piperazine rings is 1. The van der Waals surface area contributed by atoms with Gasteiger partial charge in [-0.25, -0.2) is 0 Å². The van der Waals surface area contributed by atoms with Crippen molar-refractivity contribution in [2.45, 2.75) is 25.5 Å². The molecule has 1 N–H and O–H groups in total. The number of carbonyl (C=O) groups excluding carboxylic acids is 1. The van der Waals surface area contributed by atoms with Crippen molar-refractivity contribution in [1.29, 1.82) is 0 Å². The lowest BCUT2D eigenvalue weighted by molar-refractivity contribution is -0.131. The van der Waals surface area contributed by atoms with Gasteiger partial charge in [-0.1, -0.05) is 36.4 Å². The molecule has 1 aromatic heterocycles. The third-order valence-electron chi connectivity index (χ3n) is 6.82. The smallest absolute Gasteiger partial charge is 0.236 e. The zero-order valence-corrected chi connectivity index (χ0v) is 18.1. The molecular formula is C25H32N4O2. The van der Waals surface area contributed by atoms with Crippen LogP contribution in [0, 0.1) is 0 Å². The molecule has 5 rings (SSSR count). The van der Waals surface area contributed by atoms with Crippen LogP contribution in [0.15, 0.2) is 48.5 Å². The average molecular weight is 421 g/mol. The van der Waals surface area contributed by atoms with E-state index in [0.29, 0.717) is 19.6 Å². The highest BCUT2D eigenvalue weighted by atomic mass is 16.3. The molecule has 2 aromatic carbocycles. The molecule has 0 aliphatic carbocycles. The minimum atomic E-state index is -0.433. The molecule has 0 radical (unpaired) electrons. The lowest BCUT2D eigenvalue weighted by Gasteiger charge is -2.36. The number of carbonyl (C=O) groups is 1. The first-order valence-corrected chi connectivity index (χ1v) is 11.6. The Labute approximate surface area is 183 Å². The molecular weight excluding hydrogens is 388 g/mol. The van der Waals surface area contributed by atoms with Crippen molar-refractivity contribution < 1.29 is 9.90 Å². The van der Waals surface area contributed by atoms with Crippen molar-refractivity contribution in [2.24, 2.45) is 0 Å². The molecule has 1 unspecified atom stereocenters. The van der Waals surface area contributed by atoms with Crippen LogP contribution in [0.25, 0.3) is 21.8 Å². The lowest BCUT2D eigenvalue weighted by Crippen LogP contribution is -2.51. The van der Waals surface area contributed by atoms with Gasteiger partial charge in [0.25, 0.3) is 0 Å². The molecule has 31 heavy (non-hydrogen) atoms. The molecule has 2 fully saturated rings. The number of β-amino-alcohol motifs (C(OH)–C–C–N with tert-alkyl or cyclic N) is 1. The predicted octanol–water partition coefficient (Wildman–Crippen LogP) is 2.40. The van der Waals surface area contributed by atoms with E-state index in [-0.39, 0.29) is 5.91 Å². The number of hydrogen-bond donors (Lipinski definition) is 1. The summed E-state index contributed by atoms with van der Waals surface area (Å²) < 4.78 is 2.25. The zero-order valence-electron chi connectivity index (χ0n) is 18.1. The summed E-state index contributed by atoms with van der Waals surface area (Å²) in [5.74, 6) is 0.275. The number of likely N-dealkylation sites (tertiary alicyclic amines) is 1. The first-order valence-electron chi connectivity index (χ1n) is 11.6. The maximum absolute atomic E-state index is 12.4. The van der Waals surface area contributed by atoms with Crippen LogP contribution in [-0.4, -0.2) is 88.7 Å². The second-order valence-corrected chi connectivity index (χ2v) is 8.96. The molecule has 164 valence electrons. The normalized spacial score (nSPS) is 19.5. The van der Waals surface area contributed by atoms with Crippen LogP contribution in [-0.2, 0) is 11.3 Å². The Balaban J connectivity index is 1.18. The molecule has 3 aromatic rings. The van der Waals surface area contributed by atoms with Crippen molar-refractivity contribution in [3.05, 3.63) is 48.5 Å². The van der Waals surface area contributed by atoms with E-state index in [1.54, 1.807) is 0 Å². The van der Waals surface area contributed by atoms with Gasteiger partial charge in [0.2, 0.25) is 5.91 Å². The van der Waals surface area contributed by atoms with Gasteiger partial charge >= 0.3 is 0 Å². The molecule has 2 aliphatic rings. The van der Waals surface area contributed by atoms with Gasteiger partial charge in [0.05, 0.1) is 19.2 Å². The van der Waals surface area contributed by atoms with Crippen molar-refractivity contribution in [1.82, 2.24) is 19.3 Å². The summed E-state index contributed by atoms with van der Waals surface area (Å²) in [6.45, 7) is 7.22. The van der Waals surface area contributed by atoms with Crippen molar-refractivity contribution in [3.8, 4) is 0 Å². The van der Waals surface area contributed by atoms with E-state index in [1.807, 2.05) is 4.90 Å². The summed E-state index contributed by atoms with van der Waals surface area (Å²) in [6, 6.07) is 16.9. The fourth-order valence-electron chi connectivity index (χ4n) is 5.15. The fourth-order valence-corrected chi connectivity index (χ4v) is 5.15. The molecule has 0 bridgehead atoms. The van der Waals surface area contributed by atoms with Crippen LogP contribution < -0.4 is 0 Å². The Bertz CT molecular complexity index is 995. The van der Waals surface area contributed by atoms with Gasteiger partial charge in [-0.3, -0.25) is 14.6 Å². The van der Waals surface area contributed by atoms with E-state index in [1.165, 1.54) is 21.8 Å². The highest BCUT2D eigenvalue weighted by molar-refractivity contribution is 6.07. The summed E-state index contributed by atoms with van der Waals surface area (Å²) in [5, 5.41) is 13.4.